The quantitative estimate of drug-likeness (QED) is 0.292. The van der Waals surface area contributed by atoms with E-state index in [9.17, 15) is 25.2 Å². The van der Waals surface area contributed by atoms with Gasteiger partial charge in [-0.1, -0.05) is 19.3 Å². The second kappa shape index (κ2) is 5.41. The van der Waals surface area contributed by atoms with Crippen molar-refractivity contribution in [3.8, 4) is 0 Å². The molecule has 1 heterocycles. The third kappa shape index (κ3) is 10.5. The molecule has 1 aliphatic carbocycles. The van der Waals surface area contributed by atoms with E-state index in [1.54, 1.807) is 0 Å². The molecule has 1 aliphatic rings. The summed E-state index contributed by atoms with van der Waals surface area (Å²) in [7, 11) is -10.7. The van der Waals surface area contributed by atoms with Crippen LogP contribution in [0.5, 0.6) is 0 Å². The monoisotopic (exact) mass is 336 g/mol. The van der Waals surface area contributed by atoms with E-state index in [4.69, 9.17) is 4.42 Å². The summed E-state index contributed by atoms with van der Waals surface area (Å²) in [4.78, 5) is 0. The van der Waals surface area contributed by atoms with Crippen LogP contribution in [0.4, 0.5) is 25.2 Å². The van der Waals surface area contributed by atoms with E-state index in [1.807, 2.05) is 13.8 Å². The van der Waals surface area contributed by atoms with Crippen molar-refractivity contribution in [2.45, 2.75) is 51.9 Å². The summed E-state index contributed by atoms with van der Waals surface area (Å²) in [6.07, 6.45) is 6.95. The molecule has 1 aromatic heterocycles. The third-order valence-corrected chi connectivity index (χ3v) is 3.14. The molecule has 0 aliphatic heterocycles. The summed E-state index contributed by atoms with van der Waals surface area (Å²) in [5.41, 5.74) is 1.49. The topological polar surface area (TPSA) is 11.3 Å². The molecule has 8 heteroatoms. The van der Waals surface area contributed by atoms with Crippen LogP contribution >= 0.6 is 7.81 Å². The van der Waals surface area contributed by atoms with Gasteiger partial charge in [0.1, 0.15) is 0 Å². The molecule has 0 spiro atoms. The van der Waals surface area contributed by atoms with Gasteiger partial charge in [0.2, 0.25) is 0 Å². The molecule has 1 saturated carbocycles. The third-order valence-electron chi connectivity index (χ3n) is 3.14. The maximum atomic E-state index is 9.87. The Morgan fingerprint density at radius 3 is 1.62 bits per heavy atom. The zero-order chi connectivity index (χ0) is 16.4. The summed E-state index contributed by atoms with van der Waals surface area (Å²) in [5, 5.41) is 0. The number of rotatable bonds is 1. The van der Waals surface area contributed by atoms with Crippen LogP contribution in [0.15, 0.2) is 16.5 Å². The Labute approximate surface area is 119 Å². The molecular formula is C13H19F6OP. The van der Waals surface area contributed by atoms with Gasteiger partial charge in [-0.15, -0.1) is 0 Å². The van der Waals surface area contributed by atoms with Crippen LogP contribution in [0.2, 0.25) is 0 Å². The molecule has 1 aromatic rings. The first-order chi connectivity index (χ1) is 9.20. The average molecular weight is 336 g/mol. The summed E-state index contributed by atoms with van der Waals surface area (Å²) < 4.78 is 64.7. The fourth-order valence-electron chi connectivity index (χ4n) is 2.50. The predicted molar refractivity (Wildman–Crippen MR) is 72.0 cm³/mol. The van der Waals surface area contributed by atoms with Crippen molar-refractivity contribution in [2.75, 3.05) is 0 Å². The van der Waals surface area contributed by atoms with Gasteiger partial charge >= 0.3 is 44.5 Å². The summed E-state index contributed by atoms with van der Waals surface area (Å²) >= 11 is 0. The van der Waals surface area contributed by atoms with Crippen molar-refractivity contribution < 1.29 is 29.6 Å². The van der Waals surface area contributed by atoms with Gasteiger partial charge in [-0.25, -0.2) is 4.42 Å². The Morgan fingerprint density at radius 2 is 1.24 bits per heavy atom. The fraction of sp³-hybridized carbons (Fsp3) is 0.615. The molecular weight excluding hydrogens is 317 g/mol. The Balaban J connectivity index is 0.000000270. The van der Waals surface area contributed by atoms with Gasteiger partial charge in [-0.3, -0.25) is 0 Å². The molecule has 0 N–H and O–H groups in total. The molecule has 0 saturated heterocycles. The van der Waals surface area contributed by atoms with E-state index in [0.717, 1.165) is 17.4 Å². The van der Waals surface area contributed by atoms with Crippen LogP contribution in [0.25, 0.3) is 0 Å². The first kappa shape index (κ1) is 18.2. The van der Waals surface area contributed by atoms with Crippen molar-refractivity contribution in [1.82, 2.24) is 0 Å². The standard InChI is InChI=1S/C13H19O.F6P/c1-10-8-13(9-11(2)14-10)12-6-4-3-5-7-12;1-7(2,3,4,5)6/h8-9,12H,3-7H2,1-2H3;/q+1;-1. The summed E-state index contributed by atoms with van der Waals surface area (Å²) in [6.45, 7) is 4.08. The Bertz CT molecular complexity index is 459. The van der Waals surface area contributed by atoms with Crippen LogP contribution in [0.1, 0.15) is 55.1 Å². The van der Waals surface area contributed by atoms with Gasteiger partial charge in [0.05, 0.1) is 13.8 Å². The minimum atomic E-state index is -10.7. The zero-order valence-electron chi connectivity index (χ0n) is 11.9. The SMILES string of the molecule is Cc1cc(C2CCCCC2)cc(C)[o+]1.F[P-](F)(F)(F)(F)F. The molecule has 1 fully saturated rings. The molecule has 0 unspecified atom stereocenters. The van der Waals surface area contributed by atoms with Crippen molar-refractivity contribution in [2.24, 2.45) is 0 Å². The number of hydrogen-bond donors (Lipinski definition) is 0. The van der Waals surface area contributed by atoms with E-state index in [1.165, 1.54) is 37.7 Å². The van der Waals surface area contributed by atoms with Gasteiger partial charge in [0.15, 0.2) is 0 Å². The van der Waals surface area contributed by atoms with E-state index >= 15 is 0 Å². The van der Waals surface area contributed by atoms with Crippen molar-refractivity contribution >= 4 is 7.81 Å². The average Bonchev–Trinajstić information content (AvgIpc) is 2.24. The molecule has 0 bridgehead atoms. The Kier molecular flexibility index (Phi) is 4.70. The minimum absolute atomic E-state index is 0.789. The van der Waals surface area contributed by atoms with Gasteiger partial charge in [0, 0.05) is 12.1 Å². The van der Waals surface area contributed by atoms with Crippen molar-refractivity contribution in [3.63, 3.8) is 0 Å². The molecule has 0 amide bonds. The fourth-order valence-corrected chi connectivity index (χ4v) is 2.50. The molecule has 21 heavy (non-hydrogen) atoms. The van der Waals surface area contributed by atoms with E-state index in [0.29, 0.717) is 0 Å². The van der Waals surface area contributed by atoms with Crippen molar-refractivity contribution in [1.29, 1.82) is 0 Å². The van der Waals surface area contributed by atoms with E-state index in [-0.39, 0.29) is 0 Å². The van der Waals surface area contributed by atoms with Crippen LogP contribution < -0.4 is 0 Å². The summed E-state index contributed by atoms with van der Waals surface area (Å²) in [5.74, 6) is 2.88. The molecule has 0 aromatic carbocycles. The number of halogens is 6. The molecule has 124 valence electrons. The first-order valence-corrected chi connectivity index (χ1v) is 8.71. The van der Waals surface area contributed by atoms with Crippen LogP contribution in [-0.2, 0) is 0 Å². The van der Waals surface area contributed by atoms with Gasteiger partial charge in [-0.05, 0) is 24.3 Å². The van der Waals surface area contributed by atoms with Crippen molar-refractivity contribution in [3.05, 3.63) is 29.2 Å². The predicted octanol–water partition coefficient (Wildman–Crippen LogP) is 7.61. The number of hydrogen-bond acceptors (Lipinski definition) is 0. The molecule has 2 rings (SSSR count). The second-order valence-corrected chi connectivity index (χ2v) is 7.32. The van der Waals surface area contributed by atoms with Crippen LogP contribution in [0.3, 0.4) is 0 Å². The normalized spacial score (nSPS) is 20.0. The molecule has 0 radical (unpaired) electrons. The van der Waals surface area contributed by atoms with Gasteiger partial charge in [0.25, 0.3) is 0 Å². The molecule has 1 nitrogen and oxygen atoms in total. The van der Waals surface area contributed by atoms with Crippen LogP contribution in [-0.4, -0.2) is 0 Å². The maximum absolute atomic E-state index is 10.7. The van der Waals surface area contributed by atoms with Gasteiger partial charge in [-0.2, -0.15) is 0 Å². The van der Waals surface area contributed by atoms with Crippen LogP contribution in [0, 0.1) is 13.8 Å². The van der Waals surface area contributed by atoms with E-state index in [2.05, 4.69) is 12.1 Å². The Morgan fingerprint density at radius 1 is 0.857 bits per heavy atom. The molecule has 0 atom stereocenters. The Hall–Kier alpha value is -0.840. The second-order valence-electron chi connectivity index (χ2n) is 5.41. The number of aryl methyl sites for hydroxylation is 2. The van der Waals surface area contributed by atoms with Gasteiger partial charge < -0.3 is 0 Å². The first-order valence-electron chi connectivity index (χ1n) is 6.68. The van der Waals surface area contributed by atoms with E-state index < -0.39 is 7.81 Å². The summed E-state index contributed by atoms with van der Waals surface area (Å²) in [6, 6.07) is 4.42. The zero-order valence-corrected chi connectivity index (χ0v) is 12.8.